The van der Waals surface area contributed by atoms with Crippen molar-refractivity contribution in [2.75, 3.05) is 13.2 Å². The number of hydrogen-bond donors (Lipinski definition) is 1. The van der Waals surface area contributed by atoms with Crippen LogP contribution in [-0.2, 0) is 4.74 Å². The van der Waals surface area contributed by atoms with E-state index in [0.29, 0.717) is 18.6 Å². The Balaban J connectivity index is 1.84. The van der Waals surface area contributed by atoms with Crippen LogP contribution in [0.1, 0.15) is 77.6 Å². The van der Waals surface area contributed by atoms with Gasteiger partial charge in [-0.1, -0.05) is 45.4 Å². The van der Waals surface area contributed by atoms with Gasteiger partial charge in [-0.2, -0.15) is 0 Å². The zero-order chi connectivity index (χ0) is 13.1. The lowest BCUT2D eigenvalue weighted by Crippen LogP contribution is -2.23. The van der Waals surface area contributed by atoms with Crippen LogP contribution in [0, 0.1) is 5.92 Å². The van der Waals surface area contributed by atoms with Gasteiger partial charge in [-0.15, -0.1) is 0 Å². The van der Waals surface area contributed by atoms with Gasteiger partial charge in [-0.3, -0.25) is 0 Å². The fourth-order valence-electron chi connectivity index (χ4n) is 2.79. The van der Waals surface area contributed by atoms with Gasteiger partial charge in [-0.25, -0.2) is 0 Å². The summed E-state index contributed by atoms with van der Waals surface area (Å²) in [5.41, 5.74) is 0. The van der Waals surface area contributed by atoms with Crippen LogP contribution in [0.2, 0.25) is 0 Å². The molecule has 1 fully saturated rings. The highest BCUT2D eigenvalue weighted by atomic mass is 16.5. The molecule has 1 saturated carbocycles. The molecule has 0 bridgehead atoms. The first-order valence-corrected chi connectivity index (χ1v) is 8.09. The molecule has 0 spiro atoms. The summed E-state index contributed by atoms with van der Waals surface area (Å²) in [4.78, 5) is 0. The molecule has 0 aromatic rings. The molecule has 0 radical (unpaired) electrons. The summed E-state index contributed by atoms with van der Waals surface area (Å²) in [6.07, 6.45) is 14.6. The van der Waals surface area contributed by atoms with Crippen LogP contribution in [0.3, 0.4) is 0 Å². The van der Waals surface area contributed by atoms with E-state index in [4.69, 9.17) is 9.84 Å². The monoisotopic (exact) mass is 256 g/mol. The maximum absolute atomic E-state index is 9.07. The smallest absolute Gasteiger partial charge is 0.0575 e. The number of ether oxygens (including phenoxy) is 1. The van der Waals surface area contributed by atoms with E-state index in [9.17, 15) is 0 Å². The first kappa shape index (κ1) is 16.0. The van der Waals surface area contributed by atoms with E-state index in [1.807, 2.05) is 0 Å². The predicted molar refractivity (Wildman–Crippen MR) is 76.8 cm³/mol. The highest BCUT2D eigenvalue weighted by Gasteiger charge is 2.20. The van der Waals surface area contributed by atoms with Crippen molar-refractivity contribution in [2.24, 2.45) is 5.92 Å². The quantitative estimate of drug-likeness (QED) is 0.590. The zero-order valence-corrected chi connectivity index (χ0v) is 12.2. The molecule has 0 atom stereocenters. The molecule has 2 nitrogen and oxygen atoms in total. The van der Waals surface area contributed by atoms with Gasteiger partial charge in [0.15, 0.2) is 0 Å². The molecule has 1 aliphatic rings. The predicted octanol–water partition coefficient (Wildman–Crippen LogP) is 4.30. The van der Waals surface area contributed by atoms with Gasteiger partial charge in [0.05, 0.1) is 6.10 Å². The Labute approximate surface area is 113 Å². The summed E-state index contributed by atoms with van der Waals surface area (Å²) in [7, 11) is 0. The number of unbranched alkanes of at least 4 members (excludes halogenated alkanes) is 6. The van der Waals surface area contributed by atoms with Gasteiger partial charge < -0.3 is 9.84 Å². The van der Waals surface area contributed by atoms with Gasteiger partial charge in [0.1, 0.15) is 0 Å². The van der Waals surface area contributed by atoms with Crippen LogP contribution < -0.4 is 0 Å². The lowest BCUT2D eigenvalue weighted by Gasteiger charge is -2.27. The summed E-state index contributed by atoms with van der Waals surface area (Å²) >= 11 is 0. The second kappa shape index (κ2) is 10.8. The van der Waals surface area contributed by atoms with Crippen molar-refractivity contribution in [1.82, 2.24) is 0 Å². The molecule has 0 aliphatic heterocycles. The minimum atomic E-state index is 0.366. The van der Waals surface area contributed by atoms with E-state index in [1.165, 1.54) is 44.9 Å². The molecule has 0 unspecified atom stereocenters. The Hall–Kier alpha value is -0.0800. The van der Waals surface area contributed by atoms with Crippen LogP contribution >= 0.6 is 0 Å². The summed E-state index contributed by atoms with van der Waals surface area (Å²) < 4.78 is 5.92. The normalized spacial score (nSPS) is 24.3. The highest BCUT2D eigenvalue weighted by Crippen LogP contribution is 2.25. The van der Waals surface area contributed by atoms with Gasteiger partial charge >= 0.3 is 0 Å². The first-order valence-electron chi connectivity index (χ1n) is 8.09. The average molecular weight is 256 g/mol. The van der Waals surface area contributed by atoms with Gasteiger partial charge in [-0.05, 0) is 38.0 Å². The maximum atomic E-state index is 9.07. The fraction of sp³-hybridized carbons (Fsp3) is 1.00. The van der Waals surface area contributed by atoms with Crippen LogP contribution in [0.25, 0.3) is 0 Å². The van der Waals surface area contributed by atoms with Gasteiger partial charge in [0.25, 0.3) is 0 Å². The third-order valence-electron chi connectivity index (χ3n) is 4.15. The van der Waals surface area contributed by atoms with Crippen LogP contribution in [0.5, 0.6) is 0 Å². The molecule has 1 N–H and O–H groups in total. The van der Waals surface area contributed by atoms with Crippen molar-refractivity contribution in [3.8, 4) is 0 Å². The molecule has 0 heterocycles. The number of hydrogen-bond acceptors (Lipinski definition) is 2. The molecule has 108 valence electrons. The standard InChI is InChI=1S/C16H32O2/c1-2-3-4-5-6-7-8-13-18-16-11-9-15(14-17)10-12-16/h15-17H,2-14H2,1H3. The molecule has 2 heteroatoms. The molecule has 1 rings (SSSR count). The van der Waals surface area contributed by atoms with Crippen molar-refractivity contribution >= 4 is 0 Å². The van der Waals surface area contributed by atoms with Crippen molar-refractivity contribution < 1.29 is 9.84 Å². The Morgan fingerprint density at radius 1 is 0.889 bits per heavy atom. The fourth-order valence-corrected chi connectivity index (χ4v) is 2.79. The van der Waals surface area contributed by atoms with E-state index < -0.39 is 0 Å². The second-order valence-corrected chi connectivity index (χ2v) is 5.82. The van der Waals surface area contributed by atoms with Crippen molar-refractivity contribution in [3.63, 3.8) is 0 Å². The van der Waals surface area contributed by atoms with E-state index >= 15 is 0 Å². The molecular weight excluding hydrogens is 224 g/mol. The number of aliphatic hydroxyl groups excluding tert-OH is 1. The van der Waals surface area contributed by atoms with E-state index in [2.05, 4.69) is 6.92 Å². The Kier molecular flexibility index (Phi) is 9.59. The van der Waals surface area contributed by atoms with Crippen molar-refractivity contribution in [1.29, 1.82) is 0 Å². The summed E-state index contributed by atoms with van der Waals surface area (Å²) in [5.74, 6) is 0.545. The van der Waals surface area contributed by atoms with Gasteiger partial charge in [0.2, 0.25) is 0 Å². The SMILES string of the molecule is CCCCCCCCCOC1CCC(CO)CC1. The maximum Gasteiger partial charge on any atom is 0.0575 e. The highest BCUT2D eigenvalue weighted by molar-refractivity contribution is 4.72. The molecule has 0 aromatic heterocycles. The molecule has 1 aliphatic carbocycles. The van der Waals surface area contributed by atoms with Crippen molar-refractivity contribution in [2.45, 2.75) is 83.7 Å². The minimum Gasteiger partial charge on any atom is -0.396 e. The van der Waals surface area contributed by atoms with Gasteiger partial charge in [0, 0.05) is 13.2 Å². The Morgan fingerprint density at radius 2 is 1.50 bits per heavy atom. The average Bonchev–Trinajstić information content (AvgIpc) is 2.42. The largest absolute Gasteiger partial charge is 0.396 e. The summed E-state index contributed by atoms with van der Waals surface area (Å²) in [6, 6.07) is 0. The second-order valence-electron chi connectivity index (χ2n) is 5.82. The topological polar surface area (TPSA) is 29.5 Å². The van der Waals surface area contributed by atoms with Crippen LogP contribution in [0.4, 0.5) is 0 Å². The van der Waals surface area contributed by atoms with Crippen LogP contribution in [-0.4, -0.2) is 24.4 Å². The lowest BCUT2D eigenvalue weighted by atomic mass is 9.88. The Bertz CT molecular complexity index is 174. The minimum absolute atomic E-state index is 0.366. The molecule has 0 aromatic carbocycles. The third kappa shape index (κ3) is 7.38. The van der Waals surface area contributed by atoms with E-state index in [-0.39, 0.29) is 0 Å². The summed E-state index contributed by atoms with van der Waals surface area (Å²) in [6.45, 7) is 3.58. The lowest BCUT2D eigenvalue weighted by molar-refractivity contribution is 0.00963. The first-order chi connectivity index (χ1) is 8.86. The number of rotatable bonds is 10. The molecule has 0 saturated heterocycles. The summed E-state index contributed by atoms with van der Waals surface area (Å²) in [5, 5.41) is 9.07. The molecule has 0 amide bonds. The Morgan fingerprint density at radius 3 is 2.11 bits per heavy atom. The number of aliphatic hydroxyl groups is 1. The van der Waals surface area contributed by atoms with Crippen molar-refractivity contribution in [3.05, 3.63) is 0 Å². The molecular formula is C16H32O2. The van der Waals surface area contributed by atoms with E-state index in [1.54, 1.807) is 0 Å². The van der Waals surface area contributed by atoms with Crippen LogP contribution in [0.15, 0.2) is 0 Å². The zero-order valence-electron chi connectivity index (χ0n) is 12.2. The third-order valence-corrected chi connectivity index (χ3v) is 4.15. The molecule has 18 heavy (non-hydrogen) atoms. The van der Waals surface area contributed by atoms with E-state index in [0.717, 1.165) is 32.3 Å².